The normalized spacial score (nSPS) is 16.5. The SMILES string of the molecule is O=C(Cc1ccc(N2CCCN(C(=O)Cc3c(Cl)cccc3Cl)CC2)nc1)c1oc(N2CCCCC2)nc1C(F)(F)F. The summed E-state index contributed by atoms with van der Waals surface area (Å²) in [6, 6.07) is 8.38. The lowest BCUT2D eigenvalue weighted by Crippen LogP contribution is -2.36. The molecule has 0 atom stereocenters. The van der Waals surface area contributed by atoms with Gasteiger partial charge in [-0.15, -0.1) is 0 Å². The third-order valence-electron chi connectivity index (χ3n) is 7.50. The van der Waals surface area contributed by atoms with Gasteiger partial charge in [-0.1, -0.05) is 35.3 Å². The standard InChI is InChI=1S/C29H30Cl2F3N5O3/c30-21-6-4-7-22(31)20(21)17-25(41)38-13-5-12-37(14-15-38)24-9-8-19(18-35-24)16-23(40)26-27(29(32,33)34)36-28(42-26)39-10-2-1-3-11-39/h4,6-9,18H,1-3,5,10-17H2. The van der Waals surface area contributed by atoms with Crippen molar-refractivity contribution in [2.45, 2.75) is 44.7 Å². The average Bonchev–Trinajstić information content (AvgIpc) is 3.29. The summed E-state index contributed by atoms with van der Waals surface area (Å²) in [6.07, 6.45) is -0.165. The van der Waals surface area contributed by atoms with Crippen molar-refractivity contribution in [3.63, 3.8) is 0 Å². The number of pyridine rings is 1. The monoisotopic (exact) mass is 623 g/mol. The fourth-order valence-electron chi connectivity index (χ4n) is 5.24. The summed E-state index contributed by atoms with van der Waals surface area (Å²) in [7, 11) is 0. The molecule has 1 aromatic carbocycles. The van der Waals surface area contributed by atoms with E-state index >= 15 is 0 Å². The molecule has 0 bridgehead atoms. The average molecular weight is 624 g/mol. The van der Waals surface area contributed by atoms with Crippen LogP contribution in [0.5, 0.6) is 0 Å². The molecule has 5 rings (SSSR count). The number of halogens is 5. The van der Waals surface area contributed by atoms with Crippen molar-refractivity contribution in [1.82, 2.24) is 14.9 Å². The van der Waals surface area contributed by atoms with Crippen molar-refractivity contribution in [3.8, 4) is 0 Å². The first-order valence-electron chi connectivity index (χ1n) is 13.9. The number of amides is 1. The topological polar surface area (TPSA) is 82.8 Å². The van der Waals surface area contributed by atoms with Gasteiger partial charge in [-0.2, -0.15) is 18.2 Å². The van der Waals surface area contributed by atoms with Crippen LogP contribution in [-0.2, 0) is 23.8 Å². The Bertz CT molecular complexity index is 1400. The summed E-state index contributed by atoms with van der Waals surface area (Å²) in [5, 5.41) is 0.908. The van der Waals surface area contributed by atoms with Gasteiger partial charge in [-0.05, 0) is 55.0 Å². The highest BCUT2D eigenvalue weighted by atomic mass is 35.5. The number of rotatable bonds is 7. The van der Waals surface area contributed by atoms with E-state index in [9.17, 15) is 22.8 Å². The first-order chi connectivity index (χ1) is 20.1. The number of anilines is 2. The lowest BCUT2D eigenvalue weighted by molar-refractivity contribution is -0.141. The number of oxazole rings is 1. The van der Waals surface area contributed by atoms with Crippen molar-refractivity contribution < 1.29 is 27.2 Å². The van der Waals surface area contributed by atoms with E-state index in [1.54, 1.807) is 40.1 Å². The van der Waals surface area contributed by atoms with Crippen molar-refractivity contribution in [2.24, 2.45) is 0 Å². The van der Waals surface area contributed by atoms with E-state index in [4.69, 9.17) is 27.6 Å². The highest BCUT2D eigenvalue weighted by molar-refractivity contribution is 6.36. The molecule has 2 saturated heterocycles. The second kappa shape index (κ2) is 12.9. The molecule has 42 heavy (non-hydrogen) atoms. The van der Waals surface area contributed by atoms with Gasteiger partial charge in [0, 0.05) is 61.9 Å². The number of hydrogen-bond acceptors (Lipinski definition) is 7. The Hall–Kier alpha value is -3.31. The van der Waals surface area contributed by atoms with Crippen LogP contribution >= 0.6 is 23.2 Å². The van der Waals surface area contributed by atoms with Gasteiger partial charge in [-0.3, -0.25) is 9.59 Å². The molecule has 224 valence electrons. The van der Waals surface area contributed by atoms with E-state index in [2.05, 4.69) is 9.97 Å². The second-order valence-electron chi connectivity index (χ2n) is 10.4. The molecule has 2 aliphatic rings. The van der Waals surface area contributed by atoms with E-state index in [-0.39, 0.29) is 24.8 Å². The van der Waals surface area contributed by atoms with Crippen molar-refractivity contribution in [3.05, 3.63) is 69.2 Å². The number of hydrogen-bond donors (Lipinski definition) is 0. The number of benzene rings is 1. The molecule has 0 saturated carbocycles. The minimum Gasteiger partial charge on any atom is -0.420 e. The van der Waals surface area contributed by atoms with Crippen LogP contribution in [0.1, 0.15) is 53.1 Å². The van der Waals surface area contributed by atoms with E-state index < -0.39 is 23.4 Å². The van der Waals surface area contributed by atoms with E-state index in [0.717, 1.165) is 25.7 Å². The third kappa shape index (κ3) is 7.00. The molecule has 13 heteroatoms. The Morgan fingerprint density at radius 1 is 0.857 bits per heavy atom. The van der Waals surface area contributed by atoms with Crippen LogP contribution in [-0.4, -0.2) is 65.8 Å². The highest BCUT2D eigenvalue weighted by Crippen LogP contribution is 2.35. The number of Topliss-reactive ketones (excluding diaryl/α,β-unsaturated/α-hetero) is 1. The van der Waals surface area contributed by atoms with Gasteiger partial charge < -0.3 is 19.1 Å². The zero-order chi connectivity index (χ0) is 29.9. The Morgan fingerprint density at radius 2 is 1.57 bits per heavy atom. The number of carbonyl (C=O) groups excluding carboxylic acids is 2. The predicted octanol–water partition coefficient (Wildman–Crippen LogP) is 6.09. The Labute approximate surface area is 251 Å². The summed E-state index contributed by atoms with van der Waals surface area (Å²) in [5.74, 6) is -1.00. The van der Waals surface area contributed by atoms with Crippen molar-refractivity contribution in [2.75, 3.05) is 49.1 Å². The number of piperidine rings is 1. The van der Waals surface area contributed by atoms with Gasteiger partial charge >= 0.3 is 6.18 Å². The molecular weight excluding hydrogens is 594 g/mol. The maximum absolute atomic E-state index is 13.7. The van der Waals surface area contributed by atoms with Gasteiger partial charge in [0.05, 0.1) is 6.42 Å². The van der Waals surface area contributed by atoms with Crippen LogP contribution in [0.4, 0.5) is 25.0 Å². The number of ketones is 1. The summed E-state index contributed by atoms with van der Waals surface area (Å²) in [6.45, 7) is 3.33. The van der Waals surface area contributed by atoms with Gasteiger partial charge in [0.25, 0.3) is 6.01 Å². The molecule has 4 heterocycles. The molecule has 2 aromatic heterocycles. The molecule has 0 unspecified atom stereocenters. The summed E-state index contributed by atoms with van der Waals surface area (Å²) >= 11 is 12.5. The maximum Gasteiger partial charge on any atom is 0.437 e. The Kier molecular flexibility index (Phi) is 9.27. The molecule has 2 fully saturated rings. The minimum atomic E-state index is -4.81. The van der Waals surface area contributed by atoms with Crippen LogP contribution < -0.4 is 9.80 Å². The molecule has 0 spiro atoms. The Balaban J connectivity index is 1.21. The molecule has 1 amide bonds. The number of nitrogens with zero attached hydrogens (tertiary/aromatic N) is 5. The quantitative estimate of drug-likeness (QED) is 0.294. The zero-order valence-electron chi connectivity index (χ0n) is 22.8. The van der Waals surface area contributed by atoms with Crippen molar-refractivity contribution >= 4 is 46.7 Å². The van der Waals surface area contributed by atoms with Crippen LogP contribution in [0.2, 0.25) is 10.0 Å². The maximum atomic E-state index is 13.7. The molecule has 8 nitrogen and oxygen atoms in total. The number of aromatic nitrogens is 2. The molecule has 0 aliphatic carbocycles. The Morgan fingerprint density at radius 3 is 2.24 bits per heavy atom. The van der Waals surface area contributed by atoms with Gasteiger partial charge in [0.15, 0.2) is 5.69 Å². The zero-order valence-corrected chi connectivity index (χ0v) is 24.3. The fourth-order valence-corrected chi connectivity index (χ4v) is 5.78. The van der Waals surface area contributed by atoms with Crippen LogP contribution in [0.15, 0.2) is 40.9 Å². The van der Waals surface area contributed by atoms with E-state index in [1.165, 1.54) is 6.20 Å². The predicted molar refractivity (Wildman–Crippen MR) is 153 cm³/mol. The van der Waals surface area contributed by atoms with Crippen LogP contribution in [0.25, 0.3) is 0 Å². The highest BCUT2D eigenvalue weighted by Gasteiger charge is 2.41. The molecule has 0 N–H and O–H groups in total. The van der Waals surface area contributed by atoms with Crippen molar-refractivity contribution in [1.29, 1.82) is 0 Å². The second-order valence-corrected chi connectivity index (χ2v) is 11.3. The summed E-state index contributed by atoms with van der Waals surface area (Å²) < 4.78 is 46.5. The van der Waals surface area contributed by atoms with Gasteiger partial charge in [0.1, 0.15) is 5.82 Å². The number of carbonyl (C=O) groups is 2. The largest absolute Gasteiger partial charge is 0.437 e. The summed E-state index contributed by atoms with van der Waals surface area (Å²) in [4.78, 5) is 39.5. The molecule has 0 radical (unpaired) electrons. The molecular formula is C29H30Cl2F3N5O3. The van der Waals surface area contributed by atoms with Gasteiger partial charge in [0.2, 0.25) is 17.5 Å². The van der Waals surface area contributed by atoms with Crippen LogP contribution in [0.3, 0.4) is 0 Å². The van der Waals surface area contributed by atoms with Crippen LogP contribution in [0, 0.1) is 0 Å². The first kappa shape index (κ1) is 30.2. The minimum absolute atomic E-state index is 0.0669. The molecule has 2 aliphatic heterocycles. The van der Waals surface area contributed by atoms with Gasteiger partial charge in [-0.25, -0.2) is 4.98 Å². The van der Waals surface area contributed by atoms with E-state index in [1.807, 2.05) is 4.90 Å². The fraction of sp³-hybridized carbons (Fsp3) is 0.448. The lowest BCUT2D eigenvalue weighted by Gasteiger charge is -2.24. The lowest BCUT2D eigenvalue weighted by atomic mass is 10.1. The van der Waals surface area contributed by atoms with E-state index in [0.29, 0.717) is 66.3 Å². The number of alkyl halides is 3. The summed E-state index contributed by atoms with van der Waals surface area (Å²) in [5.41, 5.74) is -0.233. The smallest absolute Gasteiger partial charge is 0.420 e. The third-order valence-corrected chi connectivity index (χ3v) is 8.21. The first-order valence-corrected chi connectivity index (χ1v) is 14.6. The molecule has 3 aromatic rings.